The van der Waals surface area contributed by atoms with E-state index in [-0.39, 0.29) is 22.6 Å². The average Bonchev–Trinajstić information content (AvgIpc) is 2.39. The molecule has 2 heterocycles. The number of anilines is 1. The van der Waals surface area contributed by atoms with Crippen molar-refractivity contribution in [2.75, 3.05) is 5.32 Å². The minimum atomic E-state index is -1.05. The van der Waals surface area contributed by atoms with Gasteiger partial charge in [0.05, 0.1) is 6.04 Å². The van der Waals surface area contributed by atoms with Crippen LogP contribution in [-0.4, -0.2) is 21.0 Å². The van der Waals surface area contributed by atoms with Gasteiger partial charge < -0.3 is 10.4 Å². The Balaban J connectivity index is 2.28. The van der Waals surface area contributed by atoms with Gasteiger partial charge >= 0.3 is 5.97 Å². The molecule has 0 aliphatic heterocycles. The zero-order valence-corrected chi connectivity index (χ0v) is 10.9. The van der Waals surface area contributed by atoms with Crippen LogP contribution in [0.3, 0.4) is 0 Å². The molecule has 2 aromatic rings. The van der Waals surface area contributed by atoms with Gasteiger partial charge in [0.2, 0.25) is 0 Å². The van der Waals surface area contributed by atoms with E-state index in [9.17, 15) is 4.79 Å². The summed E-state index contributed by atoms with van der Waals surface area (Å²) in [6.45, 7) is 1.91. The van der Waals surface area contributed by atoms with Crippen LogP contribution in [0.5, 0.6) is 0 Å². The molecule has 0 aliphatic carbocycles. The third-order valence-corrected chi connectivity index (χ3v) is 2.86. The van der Waals surface area contributed by atoms with Crippen molar-refractivity contribution < 1.29 is 9.90 Å². The minimum absolute atomic E-state index is 0.0882. The van der Waals surface area contributed by atoms with E-state index in [0.717, 1.165) is 5.56 Å². The molecule has 2 rings (SSSR count). The highest BCUT2D eigenvalue weighted by molar-refractivity contribution is 6.29. The second-order valence-electron chi connectivity index (χ2n) is 3.98. The van der Waals surface area contributed by atoms with Crippen LogP contribution >= 0.6 is 11.6 Å². The molecule has 5 nitrogen and oxygen atoms in total. The number of hydrogen-bond acceptors (Lipinski definition) is 4. The number of halogens is 1. The second kappa shape index (κ2) is 5.67. The van der Waals surface area contributed by atoms with Crippen molar-refractivity contribution >= 4 is 23.4 Å². The van der Waals surface area contributed by atoms with Crippen LogP contribution < -0.4 is 5.32 Å². The van der Waals surface area contributed by atoms with E-state index in [2.05, 4.69) is 15.3 Å². The largest absolute Gasteiger partial charge is 0.478 e. The van der Waals surface area contributed by atoms with Crippen LogP contribution in [0, 0.1) is 0 Å². The van der Waals surface area contributed by atoms with Crippen molar-refractivity contribution in [1.82, 2.24) is 9.97 Å². The van der Waals surface area contributed by atoms with Gasteiger partial charge in [0, 0.05) is 12.4 Å². The Morgan fingerprint density at radius 3 is 2.63 bits per heavy atom. The van der Waals surface area contributed by atoms with E-state index in [4.69, 9.17) is 16.7 Å². The molecule has 19 heavy (non-hydrogen) atoms. The SMILES string of the molecule is CC(Nc1nc(Cl)ccc1C(=O)O)c1ccncc1. The van der Waals surface area contributed by atoms with Crippen LogP contribution in [0.1, 0.15) is 28.9 Å². The van der Waals surface area contributed by atoms with Gasteiger partial charge in [-0.25, -0.2) is 9.78 Å². The summed E-state index contributed by atoms with van der Waals surface area (Å²) in [7, 11) is 0. The zero-order valence-electron chi connectivity index (χ0n) is 10.2. The molecule has 1 unspecified atom stereocenters. The van der Waals surface area contributed by atoms with Gasteiger partial charge in [0.25, 0.3) is 0 Å². The van der Waals surface area contributed by atoms with Crippen LogP contribution in [0.25, 0.3) is 0 Å². The van der Waals surface area contributed by atoms with Crippen molar-refractivity contribution in [2.24, 2.45) is 0 Å². The van der Waals surface area contributed by atoms with Crippen molar-refractivity contribution in [3.63, 3.8) is 0 Å². The monoisotopic (exact) mass is 277 g/mol. The molecule has 2 aromatic heterocycles. The van der Waals surface area contributed by atoms with Crippen molar-refractivity contribution in [1.29, 1.82) is 0 Å². The predicted octanol–water partition coefficient (Wildman–Crippen LogP) is 3.00. The molecule has 0 saturated heterocycles. The number of carbonyl (C=O) groups is 1. The second-order valence-corrected chi connectivity index (χ2v) is 4.37. The number of nitrogens with one attached hydrogen (secondary N) is 1. The van der Waals surface area contributed by atoms with Gasteiger partial charge in [-0.2, -0.15) is 0 Å². The van der Waals surface area contributed by atoms with Gasteiger partial charge in [-0.3, -0.25) is 4.98 Å². The highest BCUT2D eigenvalue weighted by Gasteiger charge is 2.14. The Morgan fingerprint density at radius 2 is 2.00 bits per heavy atom. The lowest BCUT2D eigenvalue weighted by molar-refractivity contribution is 0.0697. The molecule has 0 aromatic carbocycles. The third kappa shape index (κ3) is 3.20. The Kier molecular flexibility index (Phi) is 3.97. The molecule has 1 atom stereocenters. The number of rotatable bonds is 4. The highest BCUT2D eigenvalue weighted by Crippen LogP contribution is 2.22. The van der Waals surface area contributed by atoms with Gasteiger partial charge in [-0.1, -0.05) is 11.6 Å². The predicted molar refractivity (Wildman–Crippen MR) is 72.5 cm³/mol. The van der Waals surface area contributed by atoms with Crippen molar-refractivity contribution in [2.45, 2.75) is 13.0 Å². The maximum absolute atomic E-state index is 11.1. The number of hydrogen-bond donors (Lipinski definition) is 2. The van der Waals surface area contributed by atoms with Crippen LogP contribution in [0.4, 0.5) is 5.82 Å². The maximum atomic E-state index is 11.1. The lowest BCUT2D eigenvalue weighted by Gasteiger charge is -2.16. The molecule has 0 bridgehead atoms. The number of carboxylic acid groups (broad SMARTS) is 1. The molecule has 6 heteroatoms. The van der Waals surface area contributed by atoms with Crippen molar-refractivity contribution in [3.8, 4) is 0 Å². The topological polar surface area (TPSA) is 75.1 Å². The molecule has 0 fully saturated rings. The van der Waals surface area contributed by atoms with Crippen LogP contribution in [0.2, 0.25) is 5.15 Å². The normalized spacial score (nSPS) is 11.9. The molecule has 0 amide bonds. The third-order valence-electron chi connectivity index (χ3n) is 2.65. The molecular formula is C13H12ClN3O2. The zero-order chi connectivity index (χ0) is 13.8. The molecule has 0 radical (unpaired) electrons. The minimum Gasteiger partial charge on any atom is -0.478 e. The average molecular weight is 278 g/mol. The molecule has 0 saturated carbocycles. The van der Waals surface area contributed by atoms with E-state index in [1.165, 1.54) is 12.1 Å². The summed E-state index contributed by atoms with van der Waals surface area (Å²) < 4.78 is 0. The molecule has 98 valence electrons. The summed E-state index contributed by atoms with van der Waals surface area (Å²) in [5, 5.41) is 12.4. The quantitative estimate of drug-likeness (QED) is 0.840. The van der Waals surface area contributed by atoms with E-state index >= 15 is 0 Å². The first kappa shape index (κ1) is 13.3. The first-order chi connectivity index (χ1) is 9.08. The van der Waals surface area contributed by atoms with E-state index in [1.807, 2.05) is 19.1 Å². The smallest absolute Gasteiger partial charge is 0.339 e. The van der Waals surface area contributed by atoms with Gasteiger partial charge in [-0.05, 0) is 36.8 Å². The number of nitrogens with zero attached hydrogens (tertiary/aromatic N) is 2. The van der Waals surface area contributed by atoms with Gasteiger partial charge in [0.1, 0.15) is 16.5 Å². The number of pyridine rings is 2. The fourth-order valence-corrected chi connectivity index (χ4v) is 1.81. The standard InChI is InChI=1S/C13H12ClN3O2/c1-8(9-4-6-15-7-5-9)16-12-10(13(18)19)2-3-11(14)17-12/h2-8H,1H3,(H,16,17)(H,18,19). The summed E-state index contributed by atoms with van der Waals surface area (Å²) in [4.78, 5) is 19.1. The lowest BCUT2D eigenvalue weighted by atomic mass is 10.1. The van der Waals surface area contributed by atoms with E-state index in [0.29, 0.717) is 0 Å². The maximum Gasteiger partial charge on any atom is 0.339 e. The molecule has 0 aliphatic rings. The number of aromatic nitrogens is 2. The molecular weight excluding hydrogens is 266 g/mol. The van der Waals surface area contributed by atoms with Gasteiger partial charge in [0.15, 0.2) is 0 Å². The van der Waals surface area contributed by atoms with Crippen LogP contribution in [-0.2, 0) is 0 Å². The molecule has 0 spiro atoms. The molecule has 2 N–H and O–H groups in total. The Labute approximate surface area is 115 Å². The summed E-state index contributed by atoms with van der Waals surface area (Å²) in [6.07, 6.45) is 3.36. The number of carboxylic acids is 1. The van der Waals surface area contributed by atoms with E-state index in [1.54, 1.807) is 12.4 Å². The van der Waals surface area contributed by atoms with Crippen LogP contribution in [0.15, 0.2) is 36.7 Å². The first-order valence-electron chi connectivity index (χ1n) is 5.64. The summed E-state index contributed by atoms with van der Waals surface area (Å²) in [5.74, 6) is -0.794. The Bertz CT molecular complexity index is 590. The Morgan fingerprint density at radius 1 is 1.32 bits per heavy atom. The Hall–Kier alpha value is -2.14. The summed E-state index contributed by atoms with van der Waals surface area (Å²) in [5.41, 5.74) is 1.07. The fourth-order valence-electron chi connectivity index (χ4n) is 1.66. The highest BCUT2D eigenvalue weighted by atomic mass is 35.5. The number of aromatic carboxylic acids is 1. The summed E-state index contributed by atoms with van der Waals surface area (Å²) in [6, 6.07) is 6.48. The lowest BCUT2D eigenvalue weighted by Crippen LogP contribution is -2.12. The summed E-state index contributed by atoms with van der Waals surface area (Å²) >= 11 is 5.80. The van der Waals surface area contributed by atoms with E-state index < -0.39 is 5.97 Å². The fraction of sp³-hybridized carbons (Fsp3) is 0.154. The van der Waals surface area contributed by atoms with Gasteiger partial charge in [-0.15, -0.1) is 0 Å². The van der Waals surface area contributed by atoms with Crippen molar-refractivity contribution in [3.05, 3.63) is 52.9 Å². The first-order valence-corrected chi connectivity index (χ1v) is 6.02.